The molecule has 4 heteroatoms. The fraction of sp³-hybridized carbons (Fsp3) is 0.286. The summed E-state index contributed by atoms with van der Waals surface area (Å²) in [6.07, 6.45) is 2.18. The van der Waals surface area contributed by atoms with E-state index in [4.69, 9.17) is 11.6 Å². The van der Waals surface area contributed by atoms with Crippen LogP contribution in [0.5, 0.6) is 0 Å². The monoisotopic (exact) mass is 343 g/mol. The molecule has 1 aromatic carbocycles. The minimum Gasteiger partial charge on any atom is -0.313 e. The van der Waals surface area contributed by atoms with Gasteiger partial charge in [0.1, 0.15) is 0 Å². The van der Waals surface area contributed by atoms with Crippen LogP contribution in [0.2, 0.25) is 5.02 Å². The molecule has 0 saturated heterocycles. The lowest BCUT2D eigenvalue weighted by Gasteiger charge is -2.17. The molecule has 2 rings (SSSR count). The van der Waals surface area contributed by atoms with Gasteiger partial charge in [-0.05, 0) is 75.9 Å². The zero-order valence-corrected chi connectivity index (χ0v) is 13.3. The molecule has 0 radical (unpaired) electrons. The summed E-state index contributed by atoms with van der Waals surface area (Å²) >= 11 is 11.2. The highest BCUT2D eigenvalue weighted by atomic mass is 79.9. The van der Waals surface area contributed by atoms with Gasteiger partial charge in [-0.1, -0.05) is 17.7 Å². The first-order valence-corrected chi connectivity index (χ1v) is 7.95. The summed E-state index contributed by atoms with van der Waals surface area (Å²) in [6, 6.07) is 8.67. The molecule has 1 nitrogen and oxygen atoms in total. The van der Waals surface area contributed by atoms with E-state index in [2.05, 4.69) is 50.2 Å². The molecule has 1 unspecified atom stereocenters. The first-order valence-electron chi connectivity index (χ1n) is 5.84. The van der Waals surface area contributed by atoms with Gasteiger partial charge < -0.3 is 5.32 Å². The van der Waals surface area contributed by atoms with E-state index in [0.717, 1.165) is 22.3 Å². The number of aryl methyl sites for hydroxylation is 1. The molecule has 1 N–H and O–H groups in total. The van der Waals surface area contributed by atoms with Crippen molar-refractivity contribution in [2.75, 3.05) is 7.05 Å². The summed E-state index contributed by atoms with van der Waals surface area (Å²) in [5.41, 5.74) is 2.68. The van der Waals surface area contributed by atoms with Gasteiger partial charge in [0.25, 0.3) is 0 Å². The van der Waals surface area contributed by atoms with Gasteiger partial charge in [-0.25, -0.2) is 0 Å². The van der Waals surface area contributed by atoms with E-state index in [1.54, 1.807) is 11.3 Å². The molecule has 0 bridgehead atoms. The van der Waals surface area contributed by atoms with Crippen LogP contribution in [0.4, 0.5) is 0 Å². The Hall–Kier alpha value is -0.350. The molecule has 0 spiro atoms. The van der Waals surface area contributed by atoms with E-state index >= 15 is 0 Å². The van der Waals surface area contributed by atoms with E-state index < -0.39 is 0 Å². The Morgan fingerprint density at radius 3 is 2.83 bits per heavy atom. The second-order valence-electron chi connectivity index (χ2n) is 4.19. The summed E-state index contributed by atoms with van der Waals surface area (Å²) in [4.78, 5) is 0. The average molecular weight is 345 g/mol. The van der Waals surface area contributed by atoms with Gasteiger partial charge in [-0.15, -0.1) is 0 Å². The Balaban J connectivity index is 2.05. The molecule has 0 amide bonds. The standard InChI is InChI=1S/C14H15BrClNS/c1-17-14(5-2-10-6-7-18-9-10)11-3-4-13(16)12(15)8-11/h3-4,6-9,14,17H,2,5H2,1H3. The Morgan fingerprint density at radius 2 is 2.22 bits per heavy atom. The second-order valence-corrected chi connectivity index (χ2v) is 6.23. The van der Waals surface area contributed by atoms with Crippen LogP contribution in [0, 0.1) is 0 Å². The first kappa shape index (κ1) is 14.1. The highest BCUT2D eigenvalue weighted by Gasteiger charge is 2.11. The van der Waals surface area contributed by atoms with Crippen molar-refractivity contribution in [2.24, 2.45) is 0 Å². The molecule has 0 aliphatic carbocycles. The third kappa shape index (κ3) is 3.58. The molecule has 0 aliphatic heterocycles. The van der Waals surface area contributed by atoms with Crippen molar-refractivity contribution in [3.8, 4) is 0 Å². The largest absolute Gasteiger partial charge is 0.313 e. The molecule has 1 atom stereocenters. The van der Waals surface area contributed by atoms with Crippen LogP contribution in [0.3, 0.4) is 0 Å². The van der Waals surface area contributed by atoms with Gasteiger partial charge in [0, 0.05) is 10.5 Å². The molecule has 0 saturated carbocycles. The predicted octanol–water partition coefficient (Wildman–Crippen LogP) is 5.06. The fourth-order valence-electron chi connectivity index (χ4n) is 1.95. The average Bonchev–Trinajstić information content (AvgIpc) is 2.87. The SMILES string of the molecule is CNC(CCc1ccsc1)c1ccc(Cl)c(Br)c1. The van der Waals surface area contributed by atoms with E-state index in [1.165, 1.54) is 11.1 Å². The number of hydrogen-bond donors (Lipinski definition) is 1. The third-order valence-electron chi connectivity index (χ3n) is 3.00. The van der Waals surface area contributed by atoms with Gasteiger partial charge in [0.15, 0.2) is 0 Å². The maximum atomic E-state index is 6.02. The van der Waals surface area contributed by atoms with Crippen LogP contribution in [0.15, 0.2) is 39.5 Å². The maximum Gasteiger partial charge on any atom is 0.0548 e. The Kier molecular flexibility index (Phi) is 5.25. The lowest BCUT2D eigenvalue weighted by molar-refractivity contribution is 0.549. The van der Waals surface area contributed by atoms with Crippen molar-refractivity contribution in [3.63, 3.8) is 0 Å². The fourth-order valence-corrected chi connectivity index (χ4v) is 3.17. The molecule has 96 valence electrons. The molecule has 1 heterocycles. The first-order chi connectivity index (χ1) is 8.70. The molecule has 0 aliphatic rings. The highest BCUT2D eigenvalue weighted by Crippen LogP contribution is 2.28. The van der Waals surface area contributed by atoms with E-state index in [1.807, 2.05) is 13.1 Å². The van der Waals surface area contributed by atoms with Crippen molar-refractivity contribution >= 4 is 38.9 Å². The van der Waals surface area contributed by atoms with Crippen LogP contribution < -0.4 is 5.32 Å². The zero-order valence-electron chi connectivity index (χ0n) is 10.1. The predicted molar refractivity (Wildman–Crippen MR) is 83.6 cm³/mol. The van der Waals surface area contributed by atoms with Crippen LogP contribution in [-0.2, 0) is 6.42 Å². The number of halogens is 2. The van der Waals surface area contributed by atoms with Crippen molar-refractivity contribution in [2.45, 2.75) is 18.9 Å². The summed E-state index contributed by atoms with van der Waals surface area (Å²) in [5, 5.41) is 8.46. The lowest BCUT2D eigenvalue weighted by atomic mass is 10.0. The Morgan fingerprint density at radius 1 is 1.39 bits per heavy atom. The number of hydrogen-bond acceptors (Lipinski definition) is 2. The zero-order chi connectivity index (χ0) is 13.0. The summed E-state index contributed by atoms with van der Waals surface area (Å²) in [5.74, 6) is 0. The van der Waals surface area contributed by atoms with Gasteiger partial charge in [-0.3, -0.25) is 0 Å². The van der Waals surface area contributed by atoms with Crippen LogP contribution in [0.1, 0.15) is 23.6 Å². The number of thiophene rings is 1. The lowest BCUT2D eigenvalue weighted by Crippen LogP contribution is -2.17. The number of benzene rings is 1. The van der Waals surface area contributed by atoms with Gasteiger partial charge >= 0.3 is 0 Å². The summed E-state index contributed by atoms with van der Waals surface area (Å²) < 4.78 is 0.956. The summed E-state index contributed by atoms with van der Waals surface area (Å²) in [6.45, 7) is 0. The third-order valence-corrected chi connectivity index (χ3v) is 4.94. The van der Waals surface area contributed by atoms with Crippen molar-refractivity contribution in [1.82, 2.24) is 5.32 Å². The summed E-state index contributed by atoms with van der Waals surface area (Å²) in [7, 11) is 2.00. The molecule has 0 fully saturated rings. The minimum absolute atomic E-state index is 0.360. The molecular formula is C14H15BrClNS. The smallest absolute Gasteiger partial charge is 0.0548 e. The van der Waals surface area contributed by atoms with Crippen LogP contribution in [-0.4, -0.2) is 7.05 Å². The van der Waals surface area contributed by atoms with Crippen molar-refractivity contribution < 1.29 is 0 Å². The number of nitrogens with one attached hydrogen (secondary N) is 1. The van der Waals surface area contributed by atoms with E-state index in [9.17, 15) is 0 Å². The van der Waals surface area contributed by atoms with Crippen LogP contribution in [0.25, 0.3) is 0 Å². The van der Waals surface area contributed by atoms with Gasteiger partial charge in [-0.2, -0.15) is 11.3 Å². The van der Waals surface area contributed by atoms with Crippen molar-refractivity contribution in [1.29, 1.82) is 0 Å². The highest BCUT2D eigenvalue weighted by molar-refractivity contribution is 9.10. The van der Waals surface area contributed by atoms with Crippen LogP contribution >= 0.6 is 38.9 Å². The normalized spacial score (nSPS) is 12.6. The van der Waals surface area contributed by atoms with Crippen molar-refractivity contribution in [3.05, 3.63) is 55.6 Å². The van der Waals surface area contributed by atoms with Gasteiger partial charge in [0.05, 0.1) is 5.02 Å². The minimum atomic E-state index is 0.360. The van der Waals surface area contributed by atoms with E-state index in [0.29, 0.717) is 6.04 Å². The molecule has 2 aromatic rings. The topological polar surface area (TPSA) is 12.0 Å². The quantitative estimate of drug-likeness (QED) is 0.799. The van der Waals surface area contributed by atoms with Gasteiger partial charge in [0.2, 0.25) is 0 Å². The second kappa shape index (κ2) is 6.71. The molecular weight excluding hydrogens is 330 g/mol. The Bertz CT molecular complexity index is 499. The maximum absolute atomic E-state index is 6.02. The molecule has 1 aromatic heterocycles. The Labute approximate surface area is 125 Å². The van der Waals surface area contributed by atoms with E-state index in [-0.39, 0.29) is 0 Å². The number of rotatable bonds is 5. The molecule has 18 heavy (non-hydrogen) atoms.